The van der Waals surface area contributed by atoms with Crippen LogP contribution in [-0.2, 0) is 4.79 Å². The van der Waals surface area contributed by atoms with E-state index in [-0.39, 0.29) is 17.0 Å². The lowest BCUT2D eigenvalue weighted by atomic mass is 9.47. The summed E-state index contributed by atoms with van der Waals surface area (Å²) in [5, 5.41) is 10.6. The predicted octanol–water partition coefficient (Wildman–Crippen LogP) is 5.72. The summed E-state index contributed by atoms with van der Waals surface area (Å²) in [4.78, 5) is 17.4. The highest BCUT2D eigenvalue weighted by Gasteiger charge is 2.64. The molecule has 1 aromatic carbocycles. The van der Waals surface area contributed by atoms with Crippen molar-refractivity contribution in [2.75, 3.05) is 20.6 Å². The molecule has 0 aromatic heterocycles. The highest BCUT2D eigenvalue weighted by Crippen LogP contribution is 2.68. The van der Waals surface area contributed by atoms with Gasteiger partial charge in [-0.25, -0.2) is 8.78 Å². The van der Waals surface area contributed by atoms with Gasteiger partial charge in [-0.1, -0.05) is 24.6 Å². The molecule has 1 N–H and O–H groups in total. The monoisotopic (exact) mass is 512 g/mol. The second-order valence-electron chi connectivity index (χ2n) is 13.3. The maximum Gasteiger partial charge on any atom is 0.256 e. The van der Waals surface area contributed by atoms with Crippen LogP contribution in [0.1, 0.15) is 76.9 Å². The summed E-state index contributed by atoms with van der Waals surface area (Å²) in [6.07, 6.45) is 10.5. The minimum atomic E-state index is -1.49. The highest BCUT2D eigenvalue weighted by molar-refractivity contribution is 5.82. The number of rotatable bonds is 3. The van der Waals surface area contributed by atoms with Gasteiger partial charge in [0, 0.05) is 25.7 Å². The maximum absolute atomic E-state index is 13.7. The van der Waals surface area contributed by atoms with Crippen LogP contribution >= 0.6 is 0 Å². The predicted molar refractivity (Wildman–Crippen MR) is 139 cm³/mol. The molecule has 1 aliphatic heterocycles. The van der Waals surface area contributed by atoms with Crippen LogP contribution in [0.4, 0.5) is 8.78 Å². The Morgan fingerprint density at radius 2 is 1.86 bits per heavy atom. The summed E-state index contributed by atoms with van der Waals surface area (Å²) in [5.74, 6) is 0.704. The normalized spacial score (nSPS) is 41.8. The standard InChI is InChI=1S/C31H42F2N2O2/c1-18-23-8-9-25-22-7-6-20-16-21(35(4)29(37)28(36)19-5-10-26(32)27(33)15-19)11-13-30(20,2)24(22)12-14-31(23,25)17-34(18)3/h5-6,10,15,18,21-25,28,36H,7-9,11-14,16-17H2,1-4H3/t18-,21-,22+,23+,24-,25-,28?,30-,31-/m0/s1. The number of benzene rings is 1. The third kappa shape index (κ3) is 3.68. The quantitative estimate of drug-likeness (QED) is 0.527. The molecule has 1 saturated heterocycles. The first-order chi connectivity index (χ1) is 17.6. The second kappa shape index (κ2) is 8.87. The first-order valence-electron chi connectivity index (χ1n) is 14.4. The molecule has 4 fully saturated rings. The number of halogens is 2. The van der Waals surface area contributed by atoms with Gasteiger partial charge in [0.15, 0.2) is 17.7 Å². The number of aliphatic hydroxyl groups is 1. The molecule has 6 rings (SSSR count). The van der Waals surface area contributed by atoms with Gasteiger partial charge in [0.25, 0.3) is 5.91 Å². The molecular weight excluding hydrogens is 470 g/mol. The Bertz CT molecular complexity index is 1120. The Labute approximate surface area is 220 Å². The van der Waals surface area contributed by atoms with E-state index in [0.29, 0.717) is 11.5 Å². The summed E-state index contributed by atoms with van der Waals surface area (Å²) in [6.45, 7) is 6.20. The van der Waals surface area contributed by atoms with Crippen LogP contribution in [0.5, 0.6) is 0 Å². The van der Waals surface area contributed by atoms with E-state index in [9.17, 15) is 18.7 Å². The molecule has 0 radical (unpaired) electrons. The number of fused-ring (bicyclic) bond motifs is 4. The summed E-state index contributed by atoms with van der Waals surface area (Å²) in [6, 6.07) is 3.88. The van der Waals surface area contributed by atoms with E-state index in [0.717, 1.165) is 61.5 Å². The zero-order valence-corrected chi connectivity index (χ0v) is 22.7. The molecule has 37 heavy (non-hydrogen) atoms. The third-order valence-corrected chi connectivity index (χ3v) is 12.1. The molecule has 5 aliphatic rings. The van der Waals surface area contributed by atoms with Crippen molar-refractivity contribution in [3.8, 4) is 0 Å². The molecule has 4 nitrogen and oxygen atoms in total. The van der Waals surface area contributed by atoms with Crippen LogP contribution in [0, 0.1) is 46.1 Å². The first kappa shape index (κ1) is 25.5. The summed E-state index contributed by atoms with van der Waals surface area (Å²) >= 11 is 0. The van der Waals surface area contributed by atoms with E-state index in [4.69, 9.17) is 0 Å². The van der Waals surface area contributed by atoms with Gasteiger partial charge in [-0.15, -0.1) is 0 Å². The molecule has 1 heterocycles. The lowest BCUT2D eigenvalue weighted by Crippen LogP contribution is -2.53. The number of hydrogen-bond acceptors (Lipinski definition) is 3. The van der Waals surface area contributed by atoms with E-state index in [1.807, 2.05) is 0 Å². The lowest BCUT2D eigenvalue weighted by Gasteiger charge is -2.58. The van der Waals surface area contributed by atoms with Crippen LogP contribution in [0.25, 0.3) is 0 Å². The van der Waals surface area contributed by atoms with Crippen molar-refractivity contribution in [2.24, 2.45) is 34.5 Å². The zero-order chi connectivity index (χ0) is 26.3. The van der Waals surface area contributed by atoms with Crippen molar-refractivity contribution in [3.05, 3.63) is 47.0 Å². The fourth-order valence-corrected chi connectivity index (χ4v) is 9.97. The van der Waals surface area contributed by atoms with Crippen molar-refractivity contribution in [3.63, 3.8) is 0 Å². The van der Waals surface area contributed by atoms with Crippen LogP contribution < -0.4 is 0 Å². The highest BCUT2D eigenvalue weighted by atomic mass is 19.2. The number of amides is 1. The SMILES string of the molecule is C[C@H]1[C@H]2CC[C@H]3[C@@H]4CC=C5C[C@@H](N(C)C(=O)C(O)c6ccc(F)c(F)c6)CC[C@]5(C)[C@H]4CC[C@]23CN1C. The Balaban J connectivity index is 1.18. The molecule has 0 bridgehead atoms. The summed E-state index contributed by atoms with van der Waals surface area (Å²) in [7, 11) is 4.06. The van der Waals surface area contributed by atoms with Gasteiger partial charge in [0.05, 0.1) is 0 Å². The van der Waals surface area contributed by atoms with Gasteiger partial charge in [0.2, 0.25) is 0 Å². The zero-order valence-electron chi connectivity index (χ0n) is 22.7. The average Bonchev–Trinajstić information content (AvgIpc) is 3.37. The molecule has 4 aliphatic carbocycles. The number of likely N-dealkylation sites (tertiary alicyclic amines) is 1. The van der Waals surface area contributed by atoms with Gasteiger partial charge >= 0.3 is 0 Å². The lowest BCUT2D eigenvalue weighted by molar-refractivity contribution is -0.142. The first-order valence-corrected chi connectivity index (χ1v) is 14.4. The number of hydrogen-bond donors (Lipinski definition) is 1. The number of allylic oxidation sites excluding steroid dienone is 1. The van der Waals surface area contributed by atoms with Crippen LogP contribution in [-0.4, -0.2) is 53.5 Å². The Kier molecular flexibility index (Phi) is 6.11. The minimum Gasteiger partial charge on any atom is -0.378 e. The summed E-state index contributed by atoms with van der Waals surface area (Å²) < 4.78 is 27.0. The van der Waals surface area contributed by atoms with Crippen LogP contribution in [0.2, 0.25) is 0 Å². The number of likely N-dealkylation sites (N-methyl/N-ethyl adjacent to an activating group) is 1. The summed E-state index contributed by atoms with van der Waals surface area (Å²) in [5.41, 5.74) is 2.30. The maximum atomic E-state index is 13.7. The van der Waals surface area contributed by atoms with E-state index in [2.05, 4.69) is 31.9 Å². The number of aliphatic hydroxyl groups excluding tert-OH is 1. The Hall–Kier alpha value is -1.79. The van der Waals surface area contributed by atoms with Crippen molar-refractivity contribution in [2.45, 2.75) is 83.4 Å². The molecule has 1 aromatic rings. The molecule has 202 valence electrons. The van der Waals surface area contributed by atoms with Crippen LogP contribution in [0.15, 0.2) is 29.8 Å². The molecule has 6 heteroatoms. The van der Waals surface area contributed by atoms with Gasteiger partial charge in [-0.05, 0) is 118 Å². The number of carbonyl (C=O) groups is 1. The topological polar surface area (TPSA) is 43.8 Å². The minimum absolute atomic E-state index is 0.0124. The molecule has 1 unspecified atom stereocenters. The van der Waals surface area contributed by atoms with E-state index in [1.54, 1.807) is 11.9 Å². The Morgan fingerprint density at radius 1 is 1.11 bits per heavy atom. The molecule has 1 amide bonds. The van der Waals surface area contributed by atoms with E-state index in [1.165, 1.54) is 43.9 Å². The average molecular weight is 513 g/mol. The third-order valence-electron chi connectivity index (χ3n) is 12.1. The van der Waals surface area contributed by atoms with Gasteiger partial charge in [0.1, 0.15) is 0 Å². The van der Waals surface area contributed by atoms with Gasteiger partial charge in [-0.3, -0.25) is 4.79 Å². The Morgan fingerprint density at radius 3 is 2.62 bits per heavy atom. The van der Waals surface area contributed by atoms with Crippen molar-refractivity contribution in [1.82, 2.24) is 9.80 Å². The molecule has 3 saturated carbocycles. The van der Waals surface area contributed by atoms with E-state index >= 15 is 0 Å². The molecule has 9 atom stereocenters. The van der Waals surface area contributed by atoms with Crippen molar-refractivity contribution >= 4 is 5.91 Å². The fourth-order valence-electron chi connectivity index (χ4n) is 9.97. The van der Waals surface area contributed by atoms with Gasteiger partial charge in [-0.2, -0.15) is 0 Å². The van der Waals surface area contributed by atoms with Crippen molar-refractivity contribution < 1.29 is 18.7 Å². The fraction of sp³-hybridized carbons (Fsp3) is 0.710. The molecular formula is C31H42F2N2O2. The van der Waals surface area contributed by atoms with Crippen molar-refractivity contribution in [1.29, 1.82) is 0 Å². The number of nitrogens with zero attached hydrogens (tertiary/aromatic N) is 2. The smallest absolute Gasteiger partial charge is 0.256 e. The largest absolute Gasteiger partial charge is 0.378 e. The van der Waals surface area contributed by atoms with E-state index < -0.39 is 23.6 Å². The number of carbonyl (C=O) groups excluding carboxylic acids is 1. The van der Waals surface area contributed by atoms with Gasteiger partial charge < -0.3 is 14.9 Å². The second-order valence-corrected chi connectivity index (χ2v) is 13.3. The molecule has 1 spiro atoms. The van der Waals surface area contributed by atoms with Crippen LogP contribution in [0.3, 0.4) is 0 Å².